The molecule has 1 amide bonds. The minimum atomic E-state index is -0.134. The van der Waals surface area contributed by atoms with Crippen molar-refractivity contribution in [3.8, 4) is 0 Å². The lowest BCUT2D eigenvalue weighted by molar-refractivity contribution is 0.0870. The third-order valence-electron chi connectivity index (χ3n) is 3.63. The minimum Gasteiger partial charge on any atom is -0.397 e. The van der Waals surface area contributed by atoms with E-state index in [0.29, 0.717) is 17.2 Å². The number of hydrogen-bond acceptors (Lipinski definition) is 5. The summed E-state index contributed by atoms with van der Waals surface area (Å²) in [6.07, 6.45) is 0.893. The van der Waals surface area contributed by atoms with Gasteiger partial charge in [0.1, 0.15) is 9.71 Å². The van der Waals surface area contributed by atoms with Gasteiger partial charge in [0, 0.05) is 17.7 Å². The second-order valence-electron chi connectivity index (χ2n) is 5.09. The van der Waals surface area contributed by atoms with Crippen LogP contribution >= 0.6 is 11.3 Å². The average Bonchev–Trinajstić information content (AvgIpc) is 2.94. The highest BCUT2D eigenvalue weighted by Gasteiger charge is 2.27. The fraction of sp³-hybridized carbons (Fsp3) is 0.429. The number of nitrogen functional groups attached to an aromatic ring is 1. The average molecular weight is 291 g/mol. The normalized spacial score (nSPS) is 22.3. The van der Waals surface area contributed by atoms with Gasteiger partial charge in [-0.2, -0.15) is 0 Å². The van der Waals surface area contributed by atoms with Crippen molar-refractivity contribution in [1.82, 2.24) is 10.3 Å². The summed E-state index contributed by atoms with van der Waals surface area (Å²) in [5.74, 6) is -0.134. The summed E-state index contributed by atoms with van der Waals surface area (Å²) < 4.78 is 5.45. The number of fused-ring (bicyclic) bond motifs is 1. The van der Waals surface area contributed by atoms with Gasteiger partial charge in [0.2, 0.25) is 0 Å². The van der Waals surface area contributed by atoms with Crippen molar-refractivity contribution in [3.63, 3.8) is 0 Å². The molecule has 0 bridgehead atoms. The SMILES string of the molecule is Cc1ccc2c(N)c(C(=O)NC3CCOC3C)sc2n1. The summed E-state index contributed by atoms with van der Waals surface area (Å²) in [6, 6.07) is 3.88. The largest absolute Gasteiger partial charge is 0.397 e. The summed E-state index contributed by atoms with van der Waals surface area (Å²) in [4.78, 5) is 18.1. The third-order valence-corrected chi connectivity index (χ3v) is 4.75. The molecule has 0 aliphatic carbocycles. The van der Waals surface area contributed by atoms with Gasteiger partial charge in [-0.15, -0.1) is 11.3 Å². The molecule has 2 aromatic heterocycles. The molecule has 2 atom stereocenters. The topological polar surface area (TPSA) is 77.2 Å². The van der Waals surface area contributed by atoms with Gasteiger partial charge in [-0.05, 0) is 32.4 Å². The molecule has 106 valence electrons. The molecule has 2 aromatic rings. The lowest BCUT2D eigenvalue weighted by Crippen LogP contribution is -2.39. The summed E-state index contributed by atoms with van der Waals surface area (Å²) in [5, 5.41) is 3.85. The summed E-state index contributed by atoms with van der Waals surface area (Å²) in [5.41, 5.74) is 7.51. The summed E-state index contributed by atoms with van der Waals surface area (Å²) in [6.45, 7) is 4.58. The zero-order valence-corrected chi connectivity index (χ0v) is 12.3. The Kier molecular flexibility index (Phi) is 3.35. The molecule has 20 heavy (non-hydrogen) atoms. The zero-order chi connectivity index (χ0) is 14.3. The molecule has 2 unspecified atom stereocenters. The quantitative estimate of drug-likeness (QED) is 0.888. The van der Waals surface area contributed by atoms with Crippen molar-refractivity contribution in [1.29, 1.82) is 0 Å². The first kappa shape index (κ1) is 13.3. The Bertz CT molecular complexity index is 668. The second-order valence-corrected chi connectivity index (χ2v) is 6.09. The van der Waals surface area contributed by atoms with Gasteiger partial charge >= 0.3 is 0 Å². The Balaban J connectivity index is 1.89. The number of anilines is 1. The highest BCUT2D eigenvalue weighted by molar-refractivity contribution is 7.21. The monoisotopic (exact) mass is 291 g/mol. The molecule has 0 spiro atoms. The predicted molar refractivity (Wildman–Crippen MR) is 80.1 cm³/mol. The molecule has 1 saturated heterocycles. The lowest BCUT2D eigenvalue weighted by atomic mass is 10.1. The third kappa shape index (κ3) is 2.25. The molecular formula is C14H17N3O2S. The number of pyridine rings is 1. The fourth-order valence-corrected chi connectivity index (χ4v) is 3.46. The Morgan fingerprint density at radius 2 is 2.35 bits per heavy atom. The molecule has 0 radical (unpaired) electrons. The molecule has 6 heteroatoms. The molecule has 1 aliphatic heterocycles. The second kappa shape index (κ2) is 5.03. The maximum Gasteiger partial charge on any atom is 0.263 e. The van der Waals surface area contributed by atoms with Crippen molar-refractivity contribution in [2.75, 3.05) is 12.3 Å². The Hall–Kier alpha value is -1.66. The molecule has 3 rings (SSSR count). The fourth-order valence-electron chi connectivity index (χ4n) is 2.41. The van der Waals surface area contributed by atoms with Gasteiger partial charge in [-0.25, -0.2) is 4.98 Å². The minimum absolute atomic E-state index is 0.0509. The number of carbonyl (C=O) groups excluding carboxylic acids is 1. The van der Waals surface area contributed by atoms with Gasteiger partial charge in [0.05, 0.1) is 17.8 Å². The van der Waals surface area contributed by atoms with Crippen LogP contribution in [0.3, 0.4) is 0 Å². The lowest BCUT2D eigenvalue weighted by Gasteiger charge is -2.15. The number of aryl methyl sites for hydroxylation is 1. The first-order chi connectivity index (χ1) is 9.56. The number of hydrogen-bond donors (Lipinski definition) is 2. The van der Waals surface area contributed by atoms with Gasteiger partial charge in [-0.1, -0.05) is 0 Å². The van der Waals surface area contributed by atoms with Crippen molar-refractivity contribution in [2.45, 2.75) is 32.4 Å². The number of nitrogens with two attached hydrogens (primary N) is 1. The molecule has 3 heterocycles. The van der Waals surface area contributed by atoms with Crippen LogP contribution in [0.4, 0.5) is 5.69 Å². The molecule has 1 aliphatic rings. The standard InChI is InChI=1S/C14H17N3O2S/c1-7-3-4-9-11(15)12(20-14(9)16-7)13(18)17-10-5-6-19-8(10)2/h3-4,8,10H,5-6,15H2,1-2H3,(H,17,18). The Labute approximate surface area is 121 Å². The van der Waals surface area contributed by atoms with E-state index < -0.39 is 0 Å². The highest BCUT2D eigenvalue weighted by Crippen LogP contribution is 2.32. The van der Waals surface area contributed by atoms with Crippen molar-refractivity contribution in [3.05, 3.63) is 22.7 Å². The van der Waals surface area contributed by atoms with Crippen LogP contribution in [0.25, 0.3) is 10.2 Å². The number of ether oxygens (including phenoxy) is 1. The van der Waals surface area contributed by atoms with Crippen LogP contribution in [0.15, 0.2) is 12.1 Å². The van der Waals surface area contributed by atoms with Gasteiger partial charge < -0.3 is 15.8 Å². The number of carbonyl (C=O) groups is 1. The Morgan fingerprint density at radius 3 is 3.05 bits per heavy atom. The number of nitrogens with zero attached hydrogens (tertiary/aromatic N) is 1. The van der Waals surface area contributed by atoms with E-state index in [0.717, 1.165) is 22.3 Å². The maximum absolute atomic E-state index is 12.4. The summed E-state index contributed by atoms with van der Waals surface area (Å²) in [7, 11) is 0. The van der Waals surface area contributed by atoms with E-state index in [9.17, 15) is 4.79 Å². The number of rotatable bonds is 2. The van der Waals surface area contributed by atoms with Crippen LogP contribution in [0.2, 0.25) is 0 Å². The maximum atomic E-state index is 12.4. The number of thiophene rings is 1. The molecule has 5 nitrogen and oxygen atoms in total. The zero-order valence-electron chi connectivity index (χ0n) is 11.5. The number of amides is 1. The Morgan fingerprint density at radius 1 is 1.55 bits per heavy atom. The number of nitrogens with one attached hydrogen (secondary N) is 1. The molecule has 3 N–H and O–H groups in total. The van der Waals surface area contributed by atoms with Crippen LogP contribution in [0.1, 0.15) is 28.7 Å². The van der Waals surface area contributed by atoms with E-state index in [-0.39, 0.29) is 18.1 Å². The highest BCUT2D eigenvalue weighted by atomic mass is 32.1. The predicted octanol–water partition coefficient (Wildman–Crippen LogP) is 2.09. The summed E-state index contributed by atoms with van der Waals surface area (Å²) >= 11 is 1.34. The molecular weight excluding hydrogens is 274 g/mol. The van der Waals surface area contributed by atoms with E-state index in [2.05, 4.69) is 10.3 Å². The van der Waals surface area contributed by atoms with Crippen LogP contribution in [0.5, 0.6) is 0 Å². The van der Waals surface area contributed by atoms with E-state index in [1.54, 1.807) is 0 Å². The number of aromatic nitrogens is 1. The first-order valence-corrected chi connectivity index (χ1v) is 7.46. The van der Waals surface area contributed by atoms with Crippen LogP contribution in [0, 0.1) is 6.92 Å². The van der Waals surface area contributed by atoms with Crippen LogP contribution < -0.4 is 11.1 Å². The van der Waals surface area contributed by atoms with Gasteiger partial charge in [0.15, 0.2) is 0 Å². The molecule has 0 saturated carbocycles. The van der Waals surface area contributed by atoms with Crippen LogP contribution in [-0.4, -0.2) is 29.6 Å². The van der Waals surface area contributed by atoms with Crippen molar-refractivity contribution >= 4 is 33.1 Å². The smallest absolute Gasteiger partial charge is 0.263 e. The molecule has 0 aromatic carbocycles. The van der Waals surface area contributed by atoms with E-state index in [4.69, 9.17) is 10.5 Å². The van der Waals surface area contributed by atoms with Crippen molar-refractivity contribution < 1.29 is 9.53 Å². The van der Waals surface area contributed by atoms with E-state index in [1.807, 2.05) is 26.0 Å². The van der Waals surface area contributed by atoms with E-state index >= 15 is 0 Å². The van der Waals surface area contributed by atoms with E-state index in [1.165, 1.54) is 11.3 Å². The first-order valence-electron chi connectivity index (χ1n) is 6.64. The van der Waals surface area contributed by atoms with Crippen molar-refractivity contribution in [2.24, 2.45) is 0 Å². The van der Waals surface area contributed by atoms with Crippen LogP contribution in [-0.2, 0) is 4.74 Å². The molecule has 1 fully saturated rings. The van der Waals surface area contributed by atoms with Gasteiger partial charge in [-0.3, -0.25) is 4.79 Å². The van der Waals surface area contributed by atoms with Gasteiger partial charge in [0.25, 0.3) is 5.91 Å².